The first-order valence-electron chi connectivity index (χ1n) is 7.70. The summed E-state index contributed by atoms with van der Waals surface area (Å²) in [5.41, 5.74) is 0.567. The monoisotopic (exact) mass is 378 g/mol. The molecule has 0 bridgehead atoms. The summed E-state index contributed by atoms with van der Waals surface area (Å²) in [6, 6.07) is 8.98. The Bertz CT molecular complexity index is 958. The molecule has 26 heavy (non-hydrogen) atoms. The number of nitrogens with one attached hydrogen (secondary N) is 2. The molecule has 1 heterocycles. The van der Waals surface area contributed by atoms with Crippen LogP contribution in [0.25, 0.3) is 0 Å². The number of anilines is 2. The van der Waals surface area contributed by atoms with Gasteiger partial charge in [0, 0.05) is 6.07 Å². The first-order valence-corrected chi connectivity index (χ1v) is 9.19. The largest absolute Gasteiger partial charge is 0.497 e. The van der Waals surface area contributed by atoms with Crippen molar-refractivity contribution in [1.82, 2.24) is 0 Å². The van der Waals surface area contributed by atoms with Gasteiger partial charge in [-0.25, -0.2) is 8.42 Å². The SMILES string of the molecule is COc1ccc(NS(=O)(=O)c2ccc3c(c2)NC(=O)C(C)O3)c(OC)c1. The zero-order valence-corrected chi connectivity index (χ0v) is 15.2. The molecule has 0 spiro atoms. The summed E-state index contributed by atoms with van der Waals surface area (Å²) < 4.78 is 43.6. The fourth-order valence-electron chi connectivity index (χ4n) is 2.44. The normalized spacial score (nSPS) is 16.1. The van der Waals surface area contributed by atoms with Gasteiger partial charge in [0.25, 0.3) is 15.9 Å². The van der Waals surface area contributed by atoms with Crippen molar-refractivity contribution in [3.63, 3.8) is 0 Å². The predicted molar refractivity (Wildman–Crippen MR) is 95.5 cm³/mol. The first-order chi connectivity index (χ1) is 12.3. The molecule has 1 aliphatic heterocycles. The Hall–Kier alpha value is -2.94. The van der Waals surface area contributed by atoms with Crippen LogP contribution in [0.2, 0.25) is 0 Å². The smallest absolute Gasteiger partial charge is 0.265 e. The number of benzene rings is 2. The van der Waals surface area contributed by atoms with Crippen LogP contribution in [-0.2, 0) is 14.8 Å². The number of hydrogen-bond acceptors (Lipinski definition) is 6. The number of amides is 1. The molecule has 2 aromatic carbocycles. The third-order valence-electron chi connectivity index (χ3n) is 3.85. The highest BCUT2D eigenvalue weighted by atomic mass is 32.2. The van der Waals surface area contributed by atoms with E-state index in [9.17, 15) is 13.2 Å². The van der Waals surface area contributed by atoms with Crippen LogP contribution in [0.3, 0.4) is 0 Å². The number of sulfonamides is 1. The lowest BCUT2D eigenvalue weighted by Crippen LogP contribution is -2.34. The zero-order chi connectivity index (χ0) is 18.9. The number of methoxy groups -OCH3 is 2. The van der Waals surface area contributed by atoms with Gasteiger partial charge in [0.2, 0.25) is 0 Å². The first kappa shape index (κ1) is 17.9. The van der Waals surface area contributed by atoms with E-state index < -0.39 is 16.1 Å². The lowest BCUT2D eigenvalue weighted by molar-refractivity contribution is -0.122. The van der Waals surface area contributed by atoms with E-state index in [1.54, 1.807) is 25.1 Å². The van der Waals surface area contributed by atoms with Crippen LogP contribution in [0.15, 0.2) is 41.3 Å². The van der Waals surface area contributed by atoms with Gasteiger partial charge in [-0.05, 0) is 37.3 Å². The van der Waals surface area contributed by atoms with Crippen molar-refractivity contribution < 1.29 is 27.4 Å². The van der Waals surface area contributed by atoms with E-state index >= 15 is 0 Å². The molecule has 9 heteroatoms. The molecule has 0 aromatic heterocycles. The van der Waals surface area contributed by atoms with E-state index in [0.29, 0.717) is 22.9 Å². The molecule has 0 fully saturated rings. The van der Waals surface area contributed by atoms with Crippen LogP contribution in [-0.4, -0.2) is 34.6 Å². The molecule has 8 nitrogen and oxygen atoms in total. The van der Waals surface area contributed by atoms with Gasteiger partial charge in [-0.1, -0.05) is 0 Å². The van der Waals surface area contributed by atoms with Crippen molar-refractivity contribution in [3.8, 4) is 17.2 Å². The molecule has 0 saturated carbocycles. The van der Waals surface area contributed by atoms with Gasteiger partial charge in [0.1, 0.15) is 17.2 Å². The molecule has 0 aliphatic carbocycles. The van der Waals surface area contributed by atoms with Gasteiger partial charge in [0.05, 0.1) is 30.5 Å². The minimum absolute atomic E-state index is 0.0208. The third-order valence-corrected chi connectivity index (χ3v) is 5.21. The topological polar surface area (TPSA) is 103 Å². The Morgan fingerprint density at radius 1 is 1.12 bits per heavy atom. The van der Waals surface area contributed by atoms with Crippen molar-refractivity contribution in [3.05, 3.63) is 36.4 Å². The highest BCUT2D eigenvalue weighted by molar-refractivity contribution is 7.92. The number of carbonyl (C=O) groups excluding carboxylic acids is 1. The third kappa shape index (κ3) is 3.38. The quantitative estimate of drug-likeness (QED) is 0.827. The van der Waals surface area contributed by atoms with E-state index in [0.717, 1.165) is 0 Å². The minimum atomic E-state index is -3.91. The van der Waals surface area contributed by atoms with Crippen LogP contribution in [0.5, 0.6) is 17.2 Å². The summed E-state index contributed by atoms with van der Waals surface area (Å²) in [5, 5.41) is 2.63. The van der Waals surface area contributed by atoms with E-state index in [1.807, 2.05) is 0 Å². The van der Waals surface area contributed by atoms with E-state index in [2.05, 4.69) is 10.0 Å². The lowest BCUT2D eigenvalue weighted by Gasteiger charge is -2.23. The molecule has 1 amide bonds. The van der Waals surface area contributed by atoms with Crippen molar-refractivity contribution in [2.45, 2.75) is 17.9 Å². The van der Waals surface area contributed by atoms with Crippen molar-refractivity contribution in [2.24, 2.45) is 0 Å². The van der Waals surface area contributed by atoms with Crippen LogP contribution in [0, 0.1) is 0 Å². The average molecular weight is 378 g/mol. The predicted octanol–water partition coefficient (Wildman–Crippen LogP) is 2.22. The van der Waals surface area contributed by atoms with Crippen LogP contribution >= 0.6 is 0 Å². The number of hydrogen-bond donors (Lipinski definition) is 2. The van der Waals surface area contributed by atoms with E-state index in [4.69, 9.17) is 14.2 Å². The molecular formula is C17H18N2O6S. The molecule has 1 aliphatic rings. The highest BCUT2D eigenvalue weighted by Gasteiger charge is 2.26. The van der Waals surface area contributed by atoms with Crippen molar-refractivity contribution >= 4 is 27.3 Å². The molecular weight excluding hydrogens is 360 g/mol. The molecule has 1 atom stereocenters. The highest BCUT2D eigenvalue weighted by Crippen LogP contribution is 2.34. The maximum Gasteiger partial charge on any atom is 0.265 e. The molecule has 2 aromatic rings. The molecule has 1 unspecified atom stereocenters. The Balaban J connectivity index is 1.92. The lowest BCUT2D eigenvalue weighted by atomic mass is 10.2. The summed E-state index contributed by atoms with van der Waals surface area (Å²) in [4.78, 5) is 11.7. The molecule has 3 rings (SSSR count). The summed E-state index contributed by atoms with van der Waals surface area (Å²) in [5.74, 6) is 0.929. The average Bonchev–Trinajstić information content (AvgIpc) is 2.62. The zero-order valence-electron chi connectivity index (χ0n) is 14.4. The van der Waals surface area contributed by atoms with E-state index in [1.165, 1.54) is 32.4 Å². The Labute approximate surface area is 151 Å². The maximum absolute atomic E-state index is 12.7. The Morgan fingerprint density at radius 3 is 2.58 bits per heavy atom. The summed E-state index contributed by atoms with van der Waals surface area (Å²) in [7, 11) is -0.975. The summed E-state index contributed by atoms with van der Waals surface area (Å²) >= 11 is 0. The minimum Gasteiger partial charge on any atom is -0.497 e. The Morgan fingerprint density at radius 2 is 1.88 bits per heavy atom. The van der Waals surface area contributed by atoms with Crippen LogP contribution in [0.4, 0.5) is 11.4 Å². The van der Waals surface area contributed by atoms with Gasteiger partial charge < -0.3 is 19.5 Å². The number of fused-ring (bicyclic) bond motifs is 1. The van der Waals surface area contributed by atoms with E-state index in [-0.39, 0.29) is 16.5 Å². The van der Waals surface area contributed by atoms with Crippen LogP contribution < -0.4 is 24.2 Å². The van der Waals surface area contributed by atoms with Gasteiger partial charge in [-0.3, -0.25) is 9.52 Å². The van der Waals surface area contributed by atoms with Crippen LogP contribution in [0.1, 0.15) is 6.92 Å². The fraction of sp³-hybridized carbons (Fsp3) is 0.235. The van der Waals surface area contributed by atoms with Crippen molar-refractivity contribution in [2.75, 3.05) is 24.3 Å². The summed E-state index contributed by atoms with van der Waals surface area (Å²) in [6.07, 6.45) is -0.633. The number of rotatable bonds is 5. The Kier molecular flexibility index (Phi) is 4.64. The van der Waals surface area contributed by atoms with Gasteiger partial charge >= 0.3 is 0 Å². The van der Waals surface area contributed by atoms with Gasteiger partial charge in [-0.2, -0.15) is 0 Å². The second-order valence-corrected chi connectivity index (χ2v) is 7.26. The van der Waals surface area contributed by atoms with Crippen molar-refractivity contribution in [1.29, 1.82) is 0 Å². The summed E-state index contributed by atoms with van der Waals surface area (Å²) in [6.45, 7) is 1.61. The molecule has 2 N–H and O–H groups in total. The second-order valence-electron chi connectivity index (χ2n) is 5.58. The molecule has 138 valence electrons. The molecule has 0 radical (unpaired) electrons. The second kappa shape index (κ2) is 6.75. The van der Waals surface area contributed by atoms with Gasteiger partial charge in [-0.15, -0.1) is 0 Å². The number of ether oxygens (including phenoxy) is 3. The van der Waals surface area contributed by atoms with Gasteiger partial charge in [0.15, 0.2) is 6.10 Å². The number of carbonyl (C=O) groups is 1. The fourth-order valence-corrected chi connectivity index (χ4v) is 3.54. The maximum atomic E-state index is 12.7. The molecule has 0 saturated heterocycles. The standard InChI is InChI=1S/C17H18N2O6S/c1-10-17(20)18-14-9-12(5-7-15(14)25-10)26(21,22)19-13-6-4-11(23-2)8-16(13)24-3/h4-10,19H,1-3H3,(H,18,20).